The molecule has 196 valence electrons. The van der Waals surface area contributed by atoms with E-state index >= 15 is 0 Å². The topological polar surface area (TPSA) is 18.5 Å². The summed E-state index contributed by atoms with van der Waals surface area (Å²) in [4.78, 5) is 0. The summed E-state index contributed by atoms with van der Waals surface area (Å²) < 4.78 is 11.2. The van der Waals surface area contributed by atoms with Crippen molar-refractivity contribution >= 4 is 34.0 Å². The molecular weight excluding hydrogens is 559 g/mol. The van der Waals surface area contributed by atoms with Crippen LogP contribution in [0.3, 0.4) is 0 Å². The first-order chi connectivity index (χ1) is 20.7. The summed E-state index contributed by atoms with van der Waals surface area (Å²) in [6.07, 6.45) is 15.4. The van der Waals surface area contributed by atoms with Crippen LogP contribution in [0.25, 0.3) is 33.0 Å². The highest BCUT2D eigenvalue weighted by atomic mass is 35.5. The van der Waals surface area contributed by atoms with Gasteiger partial charge in [-0.15, -0.1) is 36.0 Å². The van der Waals surface area contributed by atoms with Crippen molar-refractivity contribution in [3.63, 3.8) is 0 Å². The van der Waals surface area contributed by atoms with Crippen molar-refractivity contribution in [3.05, 3.63) is 83.9 Å². The average molecular weight is 577 g/mol. The third kappa shape index (κ3) is 7.25. The maximum atomic E-state index is 6.62. The monoisotopic (exact) mass is 576 g/mol. The molecule has 0 aliphatic heterocycles. The molecule has 0 amide bonds. The standard InChI is InChI=1S/C38H18Cl2O2/c1-3-5-7-8-9-10-11-14-23-41-31-17-15-16-30(26-31)35-24-29(27-39)25-36(37(35)28-40)33-20-21-38(42-22-6-4-2)34-19-13-12-18-32(33)34/h1-2,12-13,15-21,24-26H,27-28H2. The smallest absolute Gasteiger partial charge is 0.148 e. The van der Waals surface area contributed by atoms with Gasteiger partial charge in [0.15, 0.2) is 0 Å². The molecule has 0 bridgehead atoms. The van der Waals surface area contributed by atoms with Crippen molar-refractivity contribution in [2.75, 3.05) is 0 Å². The van der Waals surface area contributed by atoms with Crippen LogP contribution >= 0.6 is 23.2 Å². The van der Waals surface area contributed by atoms with E-state index in [0.717, 1.165) is 44.2 Å². The van der Waals surface area contributed by atoms with Crippen LogP contribution in [-0.2, 0) is 11.8 Å². The van der Waals surface area contributed by atoms with Gasteiger partial charge in [0.2, 0.25) is 0 Å². The molecule has 0 spiro atoms. The predicted molar refractivity (Wildman–Crippen MR) is 172 cm³/mol. The Kier molecular flexibility index (Phi) is 10.5. The van der Waals surface area contributed by atoms with E-state index in [2.05, 4.69) is 77.5 Å². The number of rotatable bonds is 6. The van der Waals surface area contributed by atoms with Gasteiger partial charge in [-0.25, -0.2) is 0 Å². The SMILES string of the molecule is C#CC#CC#CC#CC#COc1cccc(-c2cc(CCl)cc(-c3ccc(OC#CC#C)c4ccccc34)c2CCl)c1. The summed E-state index contributed by atoms with van der Waals surface area (Å²) in [6.45, 7) is 0. The molecule has 0 unspecified atom stereocenters. The van der Waals surface area contributed by atoms with E-state index in [1.54, 1.807) is 0 Å². The second-order valence-electron chi connectivity index (χ2n) is 8.32. The average Bonchev–Trinajstić information content (AvgIpc) is 3.03. The summed E-state index contributed by atoms with van der Waals surface area (Å²) in [5, 5.41) is 1.87. The zero-order valence-corrected chi connectivity index (χ0v) is 23.6. The first-order valence-electron chi connectivity index (χ1n) is 12.3. The molecule has 0 fully saturated rings. The van der Waals surface area contributed by atoms with Crippen molar-refractivity contribution in [1.82, 2.24) is 0 Å². The van der Waals surface area contributed by atoms with Crippen LogP contribution in [0, 0.1) is 84.3 Å². The van der Waals surface area contributed by atoms with Gasteiger partial charge >= 0.3 is 0 Å². The van der Waals surface area contributed by atoms with Crippen molar-refractivity contribution in [3.8, 4) is 118 Å². The van der Waals surface area contributed by atoms with Gasteiger partial charge in [-0.2, -0.15) is 0 Å². The van der Waals surface area contributed by atoms with Crippen LogP contribution in [0.4, 0.5) is 0 Å². The van der Waals surface area contributed by atoms with Gasteiger partial charge in [0.25, 0.3) is 0 Å². The second-order valence-corrected chi connectivity index (χ2v) is 8.85. The molecule has 2 nitrogen and oxygen atoms in total. The Bertz CT molecular complexity index is 2070. The maximum absolute atomic E-state index is 6.62. The highest BCUT2D eigenvalue weighted by Crippen LogP contribution is 2.41. The molecule has 0 aromatic heterocycles. The fourth-order valence-corrected chi connectivity index (χ4v) is 4.63. The lowest BCUT2D eigenvalue weighted by atomic mass is 9.88. The number of hydrogen-bond donors (Lipinski definition) is 0. The lowest BCUT2D eigenvalue weighted by Crippen LogP contribution is -1.97. The normalized spacial score (nSPS) is 8.86. The maximum Gasteiger partial charge on any atom is 0.148 e. The molecule has 4 aromatic carbocycles. The Morgan fingerprint density at radius 2 is 1.26 bits per heavy atom. The van der Waals surface area contributed by atoms with Gasteiger partial charge in [-0.05, 0) is 105 Å². The van der Waals surface area contributed by atoms with E-state index in [0.29, 0.717) is 17.4 Å². The summed E-state index contributed by atoms with van der Waals surface area (Å²) in [5.41, 5.74) is 5.66. The molecule has 0 aliphatic carbocycles. The number of hydrogen-bond acceptors (Lipinski definition) is 2. The minimum absolute atomic E-state index is 0.265. The molecule has 0 saturated heterocycles. The fourth-order valence-electron chi connectivity index (χ4n) is 4.19. The van der Waals surface area contributed by atoms with Gasteiger partial charge < -0.3 is 9.47 Å². The third-order valence-electron chi connectivity index (χ3n) is 5.87. The van der Waals surface area contributed by atoms with Crippen LogP contribution in [0.15, 0.2) is 72.8 Å². The van der Waals surface area contributed by atoms with Crippen LogP contribution in [0.2, 0.25) is 0 Å². The number of terminal acetylenes is 2. The Morgan fingerprint density at radius 1 is 0.571 bits per heavy atom. The summed E-state index contributed by atoms with van der Waals surface area (Å²) in [7, 11) is 0. The van der Waals surface area contributed by atoms with Gasteiger partial charge in [0.05, 0.1) is 0 Å². The molecule has 0 atom stereocenters. The minimum atomic E-state index is 0.265. The zero-order chi connectivity index (χ0) is 29.6. The molecular formula is C38H18Cl2O2. The van der Waals surface area contributed by atoms with E-state index in [9.17, 15) is 0 Å². The molecule has 0 saturated carbocycles. The highest BCUT2D eigenvalue weighted by Gasteiger charge is 2.17. The molecule has 4 heteroatoms. The number of benzene rings is 4. The Hall–Kier alpha value is -5.76. The highest BCUT2D eigenvalue weighted by molar-refractivity contribution is 6.19. The third-order valence-corrected chi connectivity index (χ3v) is 6.44. The van der Waals surface area contributed by atoms with E-state index in [1.165, 1.54) is 0 Å². The molecule has 0 N–H and O–H groups in total. The first kappa shape index (κ1) is 29.2. The number of ether oxygens (including phenoxy) is 2. The molecule has 4 rings (SSSR count). The molecule has 0 radical (unpaired) electrons. The number of alkyl halides is 2. The van der Waals surface area contributed by atoms with Crippen LogP contribution < -0.4 is 9.47 Å². The molecule has 42 heavy (non-hydrogen) atoms. The van der Waals surface area contributed by atoms with Crippen molar-refractivity contribution in [2.24, 2.45) is 0 Å². The van der Waals surface area contributed by atoms with Crippen LogP contribution in [0.1, 0.15) is 11.1 Å². The number of fused-ring (bicyclic) bond motifs is 1. The van der Waals surface area contributed by atoms with Crippen molar-refractivity contribution in [2.45, 2.75) is 11.8 Å². The molecule has 0 heterocycles. The minimum Gasteiger partial charge on any atom is -0.407 e. The van der Waals surface area contributed by atoms with Gasteiger partial charge in [0, 0.05) is 46.7 Å². The quantitative estimate of drug-likeness (QED) is 0.174. The number of halogens is 2. The lowest BCUT2D eigenvalue weighted by molar-refractivity contribution is 0.520. The predicted octanol–water partition coefficient (Wildman–Crippen LogP) is 7.61. The second kappa shape index (κ2) is 15.1. The first-order valence-corrected chi connectivity index (χ1v) is 13.4. The summed E-state index contributed by atoms with van der Waals surface area (Å²) >= 11 is 13.0. The summed E-state index contributed by atoms with van der Waals surface area (Å²) in [6, 6.07) is 23.5. The molecule has 0 aliphatic rings. The molecule has 4 aromatic rings. The van der Waals surface area contributed by atoms with E-state index in [4.69, 9.17) is 45.5 Å². The lowest BCUT2D eigenvalue weighted by Gasteiger charge is -2.18. The van der Waals surface area contributed by atoms with E-state index in [1.807, 2.05) is 66.7 Å². The van der Waals surface area contributed by atoms with Crippen LogP contribution in [0.5, 0.6) is 11.5 Å². The van der Waals surface area contributed by atoms with E-state index < -0.39 is 0 Å². The largest absolute Gasteiger partial charge is 0.407 e. The van der Waals surface area contributed by atoms with Crippen molar-refractivity contribution < 1.29 is 9.47 Å². The Morgan fingerprint density at radius 3 is 2.00 bits per heavy atom. The fraction of sp³-hybridized carbons (Fsp3) is 0.0526. The summed E-state index contributed by atoms with van der Waals surface area (Å²) in [5.74, 6) is 26.3. The van der Waals surface area contributed by atoms with Crippen LogP contribution in [-0.4, -0.2) is 0 Å². The Balaban J connectivity index is 1.75. The Labute approximate surface area is 256 Å². The van der Waals surface area contributed by atoms with Gasteiger partial charge in [-0.1, -0.05) is 36.4 Å². The zero-order valence-electron chi connectivity index (χ0n) is 22.1. The van der Waals surface area contributed by atoms with Gasteiger partial charge in [-0.3, -0.25) is 0 Å². The van der Waals surface area contributed by atoms with Gasteiger partial charge in [0.1, 0.15) is 23.7 Å². The van der Waals surface area contributed by atoms with E-state index in [-0.39, 0.29) is 5.88 Å². The van der Waals surface area contributed by atoms with Crippen molar-refractivity contribution in [1.29, 1.82) is 0 Å².